The zero-order valence-electron chi connectivity index (χ0n) is 11.4. The van der Waals surface area contributed by atoms with Gasteiger partial charge in [0, 0.05) is 11.9 Å². The lowest BCUT2D eigenvalue weighted by molar-refractivity contribution is -0.148. The van der Waals surface area contributed by atoms with E-state index < -0.39 is 11.4 Å². The first-order chi connectivity index (χ1) is 9.44. The van der Waals surface area contributed by atoms with Gasteiger partial charge in [-0.3, -0.25) is 9.59 Å². The van der Waals surface area contributed by atoms with Crippen molar-refractivity contribution < 1.29 is 14.7 Å². The molecule has 0 saturated heterocycles. The van der Waals surface area contributed by atoms with E-state index in [1.165, 1.54) is 11.3 Å². The van der Waals surface area contributed by atoms with Gasteiger partial charge in [0.25, 0.3) is 5.91 Å². The monoisotopic (exact) mass is 297 g/mol. The van der Waals surface area contributed by atoms with Gasteiger partial charge in [-0.1, -0.05) is 12.8 Å². The molecule has 0 spiro atoms. The SMILES string of the molecule is CC(N)c1nc(C(=O)NCC2(C(=O)O)CCCC2)cs1. The van der Waals surface area contributed by atoms with Crippen LogP contribution in [0.15, 0.2) is 5.38 Å². The van der Waals surface area contributed by atoms with Crippen molar-refractivity contribution in [2.75, 3.05) is 6.54 Å². The van der Waals surface area contributed by atoms with Crippen molar-refractivity contribution in [2.45, 2.75) is 38.6 Å². The Balaban J connectivity index is 1.99. The number of hydrogen-bond donors (Lipinski definition) is 3. The molecule has 110 valence electrons. The van der Waals surface area contributed by atoms with Crippen molar-refractivity contribution in [3.05, 3.63) is 16.1 Å². The molecule has 20 heavy (non-hydrogen) atoms. The van der Waals surface area contributed by atoms with Crippen molar-refractivity contribution in [3.63, 3.8) is 0 Å². The first kappa shape index (κ1) is 14.9. The minimum atomic E-state index is -0.829. The van der Waals surface area contributed by atoms with Gasteiger partial charge in [0.2, 0.25) is 0 Å². The molecular formula is C13H19N3O3S. The number of carbonyl (C=O) groups is 2. The highest BCUT2D eigenvalue weighted by molar-refractivity contribution is 7.09. The Morgan fingerprint density at radius 2 is 2.20 bits per heavy atom. The molecule has 0 aliphatic heterocycles. The number of nitrogens with zero attached hydrogens (tertiary/aromatic N) is 1. The number of carboxylic acid groups (broad SMARTS) is 1. The van der Waals surface area contributed by atoms with Crippen LogP contribution in [0.3, 0.4) is 0 Å². The highest BCUT2D eigenvalue weighted by Gasteiger charge is 2.41. The fourth-order valence-electron chi connectivity index (χ4n) is 2.46. The molecule has 1 aromatic heterocycles. The molecule has 0 radical (unpaired) electrons. The van der Waals surface area contributed by atoms with E-state index in [9.17, 15) is 14.7 Å². The summed E-state index contributed by atoms with van der Waals surface area (Å²) in [6.07, 6.45) is 3.02. The van der Waals surface area contributed by atoms with Crippen LogP contribution in [0, 0.1) is 5.41 Å². The van der Waals surface area contributed by atoms with Crippen LogP contribution in [0.5, 0.6) is 0 Å². The maximum atomic E-state index is 12.0. The fourth-order valence-corrected chi connectivity index (χ4v) is 3.22. The van der Waals surface area contributed by atoms with Crippen molar-refractivity contribution in [1.82, 2.24) is 10.3 Å². The van der Waals surface area contributed by atoms with Crippen molar-refractivity contribution in [1.29, 1.82) is 0 Å². The molecule has 1 fully saturated rings. The molecule has 1 atom stereocenters. The standard InChI is InChI=1S/C13H19N3O3S/c1-8(14)11-16-9(6-20-11)10(17)15-7-13(12(18)19)4-2-3-5-13/h6,8H,2-5,7,14H2,1H3,(H,15,17)(H,18,19). The van der Waals surface area contributed by atoms with E-state index in [0.29, 0.717) is 23.5 Å². The van der Waals surface area contributed by atoms with Crippen LogP contribution < -0.4 is 11.1 Å². The summed E-state index contributed by atoms with van der Waals surface area (Å²) < 4.78 is 0. The molecule has 2 rings (SSSR count). The number of nitrogens with one attached hydrogen (secondary N) is 1. The first-order valence-electron chi connectivity index (χ1n) is 6.67. The van der Waals surface area contributed by atoms with Gasteiger partial charge in [-0.05, 0) is 19.8 Å². The van der Waals surface area contributed by atoms with E-state index in [-0.39, 0.29) is 18.5 Å². The number of amides is 1. The van der Waals surface area contributed by atoms with Crippen molar-refractivity contribution in [3.8, 4) is 0 Å². The van der Waals surface area contributed by atoms with Gasteiger partial charge in [0.1, 0.15) is 10.7 Å². The van der Waals surface area contributed by atoms with Gasteiger partial charge in [-0.2, -0.15) is 0 Å². The zero-order chi connectivity index (χ0) is 14.8. The first-order valence-corrected chi connectivity index (χ1v) is 7.55. The van der Waals surface area contributed by atoms with Crippen LogP contribution in [-0.4, -0.2) is 28.5 Å². The van der Waals surface area contributed by atoms with E-state index in [1.54, 1.807) is 12.3 Å². The molecule has 1 aliphatic rings. The molecule has 7 heteroatoms. The van der Waals surface area contributed by atoms with Crippen LogP contribution >= 0.6 is 11.3 Å². The van der Waals surface area contributed by atoms with Gasteiger partial charge < -0.3 is 16.2 Å². The summed E-state index contributed by atoms with van der Waals surface area (Å²) in [6, 6.07) is -0.207. The lowest BCUT2D eigenvalue weighted by atomic mass is 9.86. The topological polar surface area (TPSA) is 105 Å². The summed E-state index contributed by atoms with van der Waals surface area (Å²) in [5.41, 5.74) is 5.20. The third-order valence-electron chi connectivity index (χ3n) is 3.75. The molecule has 1 aliphatic carbocycles. The summed E-state index contributed by atoms with van der Waals surface area (Å²) in [5.74, 6) is -1.16. The zero-order valence-corrected chi connectivity index (χ0v) is 12.2. The molecular weight excluding hydrogens is 278 g/mol. The molecule has 1 aromatic rings. The lowest BCUT2D eigenvalue weighted by Crippen LogP contribution is -2.41. The Morgan fingerprint density at radius 1 is 1.55 bits per heavy atom. The van der Waals surface area contributed by atoms with Gasteiger partial charge >= 0.3 is 5.97 Å². The lowest BCUT2D eigenvalue weighted by Gasteiger charge is -2.23. The Hall–Kier alpha value is -1.47. The van der Waals surface area contributed by atoms with Gasteiger partial charge in [-0.25, -0.2) is 4.98 Å². The molecule has 6 nitrogen and oxygen atoms in total. The Kier molecular flexibility index (Phi) is 4.39. The van der Waals surface area contributed by atoms with Crippen molar-refractivity contribution in [2.24, 2.45) is 11.1 Å². The molecule has 1 unspecified atom stereocenters. The van der Waals surface area contributed by atoms with Gasteiger partial charge in [-0.15, -0.1) is 11.3 Å². The number of aromatic nitrogens is 1. The molecule has 1 saturated carbocycles. The summed E-state index contributed by atoms with van der Waals surface area (Å²) in [6.45, 7) is 1.96. The van der Waals surface area contributed by atoms with Crippen LogP contribution in [0.4, 0.5) is 0 Å². The van der Waals surface area contributed by atoms with E-state index in [2.05, 4.69) is 10.3 Å². The molecule has 1 heterocycles. The minimum Gasteiger partial charge on any atom is -0.481 e. The van der Waals surface area contributed by atoms with E-state index in [1.807, 2.05) is 0 Å². The third kappa shape index (κ3) is 2.99. The number of carboxylic acids is 1. The quantitative estimate of drug-likeness (QED) is 0.764. The smallest absolute Gasteiger partial charge is 0.311 e. The summed E-state index contributed by atoms with van der Waals surface area (Å²) in [5, 5.41) is 14.4. The third-order valence-corrected chi connectivity index (χ3v) is 4.79. The predicted molar refractivity (Wildman–Crippen MR) is 75.6 cm³/mol. The number of nitrogens with two attached hydrogens (primary N) is 1. The molecule has 0 bridgehead atoms. The summed E-state index contributed by atoms with van der Waals surface area (Å²) >= 11 is 1.34. The molecule has 4 N–H and O–H groups in total. The second-order valence-electron chi connectivity index (χ2n) is 5.33. The average molecular weight is 297 g/mol. The number of thiazole rings is 1. The summed E-state index contributed by atoms with van der Waals surface area (Å²) in [7, 11) is 0. The predicted octanol–water partition coefficient (Wildman–Crippen LogP) is 1.54. The van der Waals surface area contributed by atoms with Gasteiger partial charge in [0.15, 0.2) is 0 Å². The maximum absolute atomic E-state index is 12.0. The van der Waals surface area contributed by atoms with E-state index in [0.717, 1.165) is 12.8 Å². The largest absolute Gasteiger partial charge is 0.481 e. The second kappa shape index (κ2) is 5.88. The Morgan fingerprint density at radius 3 is 2.70 bits per heavy atom. The van der Waals surface area contributed by atoms with E-state index >= 15 is 0 Å². The highest BCUT2D eigenvalue weighted by Crippen LogP contribution is 2.37. The second-order valence-corrected chi connectivity index (χ2v) is 6.22. The van der Waals surface area contributed by atoms with E-state index in [4.69, 9.17) is 5.73 Å². The van der Waals surface area contributed by atoms with Crippen LogP contribution in [-0.2, 0) is 4.79 Å². The van der Waals surface area contributed by atoms with Gasteiger partial charge in [0.05, 0.1) is 11.5 Å². The minimum absolute atomic E-state index is 0.159. The molecule has 0 aromatic carbocycles. The van der Waals surface area contributed by atoms with Crippen LogP contribution in [0.25, 0.3) is 0 Å². The highest BCUT2D eigenvalue weighted by atomic mass is 32.1. The van der Waals surface area contributed by atoms with Crippen LogP contribution in [0.1, 0.15) is 54.1 Å². The fraction of sp³-hybridized carbons (Fsp3) is 0.615. The number of rotatable bonds is 5. The Bertz CT molecular complexity index is 507. The Labute approximate surface area is 121 Å². The summed E-state index contributed by atoms with van der Waals surface area (Å²) in [4.78, 5) is 27.5. The molecule has 1 amide bonds. The number of carbonyl (C=O) groups excluding carboxylic acids is 1. The van der Waals surface area contributed by atoms with Crippen LogP contribution in [0.2, 0.25) is 0 Å². The number of aliphatic carboxylic acids is 1. The maximum Gasteiger partial charge on any atom is 0.311 e. The number of hydrogen-bond acceptors (Lipinski definition) is 5. The average Bonchev–Trinajstić information content (AvgIpc) is 3.06. The normalized spacial score (nSPS) is 18.7. The van der Waals surface area contributed by atoms with Crippen molar-refractivity contribution >= 4 is 23.2 Å².